The average molecular weight is 463 g/mol. The Labute approximate surface area is 199 Å². The van der Waals surface area contributed by atoms with Gasteiger partial charge < -0.3 is 20.4 Å². The first-order chi connectivity index (χ1) is 15.1. The number of aliphatic hydroxyl groups excluding tert-OH is 1. The fourth-order valence-corrected chi connectivity index (χ4v) is 8.30. The Morgan fingerprint density at radius 1 is 1.00 bits per heavy atom. The van der Waals surface area contributed by atoms with Gasteiger partial charge in [0, 0.05) is 16.7 Å². The topological polar surface area (TPSA) is 98.0 Å². The third kappa shape index (κ3) is 3.51. The maximum Gasteiger partial charge on any atom is 0.159 e. The lowest BCUT2D eigenvalue weighted by Gasteiger charge is -2.63. The van der Waals surface area contributed by atoms with E-state index in [1.807, 2.05) is 20.8 Å². The van der Waals surface area contributed by atoms with Gasteiger partial charge in [-0.15, -0.1) is 0 Å². The van der Waals surface area contributed by atoms with E-state index < -0.39 is 28.3 Å². The summed E-state index contributed by atoms with van der Waals surface area (Å²) in [5.74, 6) is 0.456. The molecule has 0 unspecified atom stereocenters. The zero-order valence-corrected chi connectivity index (χ0v) is 21.5. The number of ketones is 1. The Kier molecular flexibility index (Phi) is 6.05. The lowest BCUT2D eigenvalue weighted by atomic mass is 9.44. The van der Waals surface area contributed by atoms with Crippen molar-refractivity contribution in [2.45, 2.75) is 122 Å². The molecule has 0 amide bonds. The van der Waals surface area contributed by atoms with Crippen molar-refractivity contribution in [3.63, 3.8) is 0 Å². The average Bonchev–Trinajstić information content (AvgIpc) is 3.00. The number of rotatable bonds is 5. The Hall–Kier alpha value is -0.750. The van der Waals surface area contributed by atoms with Crippen LogP contribution in [0.5, 0.6) is 0 Å². The largest absolute Gasteiger partial charge is 0.393 e. The quantitative estimate of drug-likeness (QED) is 0.492. The molecule has 3 saturated carbocycles. The second-order valence-corrected chi connectivity index (χ2v) is 13.3. The predicted octanol–water partition coefficient (Wildman–Crippen LogP) is 4.16. The van der Waals surface area contributed by atoms with Crippen LogP contribution in [0.1, 0.15) is 99.3 Å². The third-order valence-electron chi connectivity index (χ3n) is 11.3. The van der Waals surface area contributed by atoms with Gasteiger partial charge in [0.2, 0.25) is 0 Å². The van der Waals surface area contributed by atoms with Crippen LogP contribution in [0.25, 0.3) is 0 Å². The smallest absolute Gasteiger partial charge is 0.159 e. The highest BCUT2D eigenvalue weighted by Crippen LogP contribution is 2.69. The molecule has 0 aromatic rings. The van der Waals surface area contributed by atoms with Crippen LogP contribution < -0.4 is 0 Å². The fourth-order valence-electron chi connectivity index (χ4n) is 8.30. The van der Waals surface area contributed by atoms with Crippen molar-refractivity contribution >= 4 is 5.78 Å². The summed E-state index contributed by atoms with van der Waals surface area (Å²) in [7, 11) is 0. The van der Waals surface area contributed by atoms with Crippen LogP contribution in [0.2, 0.25) is 0 Å². The van der Waals surface area contributed by atoms with E-state index in [0.717, 1.165) is 25.7 Å². The number of carbonyl (C=O) groups excluding carboxylic acids is 1. The monoisotopic (exact) mass is 462 g/mol. The van der Waals surface area contributed by atoms with Gasteiger partial charge in [0.25, 0.3) is 0 Å². The summed E-state index contributed by atoms with van der Waals surface area (Å²) in [6.07, 6.45) is 7.32. The van der Waals surface area contributed by atoms with Crippen LogP contribution in [-0.4, -0.2) is 49.1 Å². The molecule has 4 rings (SSSR count). The van der Waals surface area contributed by atoms with E-state index in [4.69, 9.17) is 0 Å². The number of aliphatic hydroxyl groups is 4. The van der Waals surface area contributed by atoms with Crippen molar-refractivity contribution in [2.24, 2.45) is 34.5 Å². The van der Waals surface area contributed by atoms with Gasteiger partial charge in [-0.2, -0.15) is 0 Å². The number of hydrogen-bond acceptors (Lipinski definition) is 5. The molecule has 3 fully saturated rings. The molecule has 188 valence electrons. The zero-order valence-electron chi connectivity index (χ0n) is 21.5. The third-order valence-corrected chi connectivity index (χ3v) is 11.3. The second kappa shape index (κ2) is 7.88. The van der Waals surface area contributed by atoms with Gasteiger partial charge in [-0.05, 0) is 94.6 Å². The highest BCUT2D eigenvalue weighted by molar-refractivity contribution is 5.95. The summed E-state index contributed by atoms with van der Waals surface area (Å²) in [6.45, 7) is 12.3. The molecular formula is C28H46O5. The van der Waals surface area contributed by atoms with Crippen LogP contribution in [-0.2, 0) is 4.79 Å². The van der Waals surface area contributed by atoms with Gasteiger partial charge in [0.1, 0.15) is 0 Å². The second-order valence-electron chi connectivity index (χ2n) is 13.3. The van der Waals surface area contributed by atoms with Crippen LogP contribution in [0, 0.1) is 34.5 Å². The standard InChI is InChI=1S/C28H46O5/c1-17(7-8-18(2)24(3,4)31)20-10-12-27(32)23-16-22(30)21-15-19(29)9-11-25(21,5)28(23,33)14-13-26(20,27)6/h16-21,29,31-33H,7-15H2,1-6H3/t17-,18+,19-,20-,21-,25+,26-,27-,28-/m1/s1. The Morgan fingerprint density at radius 2 is 1.64 bits per heavy atom. The van der Waals surface area contributed by atoms with E-state index in [0.29, 0.717) is 49.5 Å². The predicted molar refractivity (Wildman–Crippen MR) is 128 cm³/mol. The van der Waals surface area contributed by atoms with Gasteiger partial charge in [-0.1, -0.05) is 34.1 Å². The molecule has 0 saturated heterocycles. The van der Waals surface area contributed by atoms with E-state index in [9.17, 15) is 25.2 Å². The summed E-state index contributed by atoms with van der Waals surface area (Å²) < 4.78 is 0. The minimum Gasteiger partial charge on any atom is -0.393 e. The van der Waals surface area contributed by atoms with E-state index in [1.54, 1.807) is 6.08 Å². The molecular weight excluding hydrogens is 416 g/mol. The van der Waals surface area contributed by atoms with Crippen molar-refractivity contribution in [2.75, 3.05) is 0 Å². The minimum absolute atomic E-state index is 0.0379. The van der Waals surface area contributed by atoms with Gasteiger partial charge in [-0.3, -0.25) is 4.79 Å². The number of allylic oxidation sites excluding steroid dienone is 1. The minimum atomic E-state index is -1.20. The van der Waals surface area contributed by atoms with Crippen LogP contribution in [0.15, 0.2) is 11.6 Å². The van der Waals surface area contributed by atoms with Gasteiger partial charge in [0.05, 0.1) is 22.9 Å². The SMILES string of the molecule is C[C@H](CC[C@H](C)C(C)(C)O)[C@H]1CC[C@@]2(O)C3=CC(=O)[C@H]4C[C@H](O)CC[C@]4(C)[C@@]3(O)CC[C@]12C. The van der Waals surface area contributed by atoms with Gasteiger partial charge in [0.15, 0.2) is 5.78 Å². The molecule has 5 heteroatoms. The highest BCUT2D eigenvalue weighted by Gasteiger charge is 2.71. The molecule has 0 aliphatic heterocycles. The molecule has 4 aliphatic rings. The molecule has 0 aromatic carbocycles. The van der Waals surface area contributed by atoms with Crippen LogP contribution >= 0.6 is 0 Å². The number of carbonyl (C=O) groups is 1. The molecule has 5 nitrogen and oxygen atoms in total. The Balaban J connectivity index is 1.64. The lowest BCUT2D eigenvalue weighted by molar-refractivity contribution is -0.192. The van der Waals surface area contributed by atoms with Gasteiger partial charge in [-0.25, -0.2) is 0 Å². The van der Waals surface area contributed by atoms with Crippen molar-refractivity contribution in [3.05, 3.63) is 11.6 Å². The molecule has 0 spiro atoms. The molecule has 9 atom stereocenters. The van der Waals surface area contributed by atoms with Gasteiger partial charge >= 0.3 is 0 Å². The first kappa shape index (κ1) is 25.3. The van der Waals surface area contributed by atoms with Crippen molar-refractivity contribution in [3.8, 4) is 0 Å². The Bertz CT molecular complexity index is 829. The summed E-state index contributed by atoms with van der Waals surface area (Å²) in [6, 6.07) is 0. The number of hydrogen-bond donors (Lipinski definition) is 4. The molecule has 33 heavy (non-hydrogen) atoms. The molecule has 0 heterocycles. The first-order valence-corrected chi connectivity index (χ1v) is 13.2. The summed E-state index contributed by atoms with van der Waals surface area (Å²) in [5.41, 5.74) is -3.55. The van der Waals surface area contributed by atoms with E-state index in [2.05, 4.69) is 20.8 Å². The molecule has 0 radical (unpaired) electrons. The van der Waals surface area contributed by atoms with E-state index in [-0.39, 0.29) is 23.0 Å². The Morgan fingerprint density at radius 3 is 2.27 bits per heavy atom. The highest BCUT2D eigenvalue weighted by atomic mass is 16.3. The summed E-state index contributed by atoms with van der Waals surface area (Å²) >= 11 is 0. The fraction of sp³-hybridized carbons (Fsp3) is 0.893. The normalized spacial score (nSPS) is 47.3. The lowest BCUT2D eigenvalue weighted by Crippen LogP contribution is -2.68. The molecule has 0 bridgehead atoms. The number of fused-ring (bicyclic) bond motifs is 5. The van der Waals surface area contributed by atoms with Crippen molar-refractivity contribution < 1.29 is 25.2 Å². The molecule has 4 aliphatic carbocycles. The van der Waals surface area contributed by atoms with E-state index >= 15 is 0 Å². The van der Waals surface area contributed by atoms with Crippen molar-refractivity contribution in [1.82, 2.24) is 0 Å². The van der Waals surface area contributed by atoms with Crippen LogP contribution in [0.4, 0.5) is 0 Å². The summed E-state index contributed by atoms with van der Waals surface area (Å²) in [4.78, 5) is 13.3. The maximum atomic E-state index is 13.3. The molecule has 0 aromatic heterocycles. The molecule has 4 N–H and O–H groups in total. The maximum absolute atomic E-state index is 13.3. The first-order valence-electron chi connectivity index (χ1n) is 13.2. The van der Waals surface area contributed by atoms with Crippen LogP contribution in [0.3, 0.4) is 0 Å². The van der Waals surface area contributed by atoms with E-state index in [1.165, 1.54) is 0 Å². The zero-order chi connectivity index (χ0) is 24.6. The van der Waals surface area contributed by atoms with Crippen molar-refractivity contribution in [1.29, 1.82) is 0 Å². The summed E-state index contributed by atoms with van der Waals surface area (Å²) in [5, 5.41) is 45.0.